The summed E-state index contributed by atoms with van der Waals surface area (Å²) in [6.07, 6.45) is 2.90. The summed E-state index contributed by atoms with van der Waals surface area (Å²) < 4.78 is 0. The molecule has 2 N–H and O–H groups in total. The predicted molar refractivity (Wildman–Crippen MR) is 97.1 cm³/mol. The average molecular weight is 346 g/mol. The third-order valence-electron chi connectivity index (χ3n) is 5.21. The number of carbonyl (C=O) groups excluding carboxylic acids is 2. The first-order valence-electron chi connectivity index (χ1n) is 9.07. The van der Waals surface area contributed by atoms with Crippen LogP contribution in [0, 0.1) is 18.3 Å². The Morgan fingerprint density at radius 1 is 1.40 bits per heavy atom. The molecule has 1 aliphatic heterocycles. The van der Waals surface area contributed by atoms with Gasteiger partial charge in [-0.15, -0.1) is 0 Å². The molecule has 0 aliphatic carbocycles. The van der Waals surface area contributed by atoms with Crippen molar-refractivity contribution in [1.29, 1.82) is 0 Å². The van der Waals surface area contributed by atoms with Gasteiger partial charge in [-0.05, 0) is 44.1 Å². The molecular formula is C20H30N2O3. The Morgan fingerprint density at radius 2 is 2.12 bits per heavy atom. The largest absolute Gasteiger partial charge is 0.330 e. The molecule has 0 aromatic heterocycles. The van der Waals surface area contributed by atoms with Crippen molar-refractivity contribution in [1.82, 2.24) is 10.4 Å². The van der Waals surface area contributed by atoms with Crippen molar-refractivity contribution in [2.45, 2.75) is 59.4 Å². The lowest BCUT2D eigenvalue weighted by Gasteiger charge is -2.30. The number of likely N-dealkylation sites (tertiary alicyclic amines) is 1. The minimum atomic E-state index is -0.599. The van der Waals surface area contributed by atoms with Crippen molar-refractivity contribution >= 4 is 11.8 Å². The topological polar surface area (TPSA) is 69.6 Å². The third kappa shape index (κ3) is 4.60. The Hall–Kier alpha value is -1.88. The van der Waals surface area contributed by atoms with Crippen molar-refractivity contribution in [2.75, 3.05) is 6.54 Å². The molecule has 2 atom stereocenters. The Kier molecular flexibility index (Phi) is 6.22. The summed E-state index contributed by atoms with van der Waals surface area (Å²) in [5, 5.41) is 9.04. The van der Waals surface area contributed by atoms with Crippen LogP contribution in [-0.4, -0.2) is 34.5 Å². The molecule has 0 spiro atoms. The molecule has 138 valence electrons. The molecule has 1 aromatic carbocycles. The minimum absolute atomic E-state index is 0.0226. The van der Waals surface area contributed by atoms with Crippen molar-refractivity contribution in [3.05, 3.63) is 35.4 Å². The van der Waals surface area contributed by atoms with Gasteiger partial charge in [0.1, 0.15) is 6.04 Å². The zero-order valence-electron chi connectivity index (χ0n) is 15.7. The van der Waals surface area contributed by atoms with E-state index in [-0.39, 0.29) is 11.8 Å². The van der Waals surface area contributed by atoms with Crippen molar-refractivity contribution < 1.29 is 14.8 Å². The fourth-order valence-corrected chi connectivity index (χ4v) is 3.64. The number of hydroxylamine groups is 1. The number of nitrogens with zero attached hydrogens (tertiary/aromatic N) is 1. The maximum absolute atomic E-state index is 13.0. The lowest BCUT2D eigenvalue weighted by atomic mass is 9.82. The Morgan fingerprint density at radius 3 is 2.72 bits per heavy atom. The lowest BCUT2D eigenvalue weighted by Crippen LogP contribution is -2.49. The maximum atomic E-state index is 13.0. The van der Waals surface area contributed by atoms with Crippen LogP contribution in [-0.2, 0) is 16.0 Å². The molecule has 1 fully saturated rings. The van der Waals surface area contributed by atoms with Gasteiger partial charge in [-0.3, -0.25) is 14.8 Å². The molecule has 1 saturated heterocycles. The molecule has 25 heavy (non-hydrogen) atoms. The van der Waals surface area contributed by atoms with Crippen LogP contribution < -0.4 is 5.48 Å². The molecule has 1 aliphatic rings. The maximum Gasteiger partial charge on any atom is 0.266 e. The average Bonchev–Trinajstić information content (AvgIpc) is 2.86. The fraction of sp³-hybridized carbons (Fsp3) is 0.600. The van der Waals surface area contributed by atoms with Crippen LogP contribution in [0.3, 0.4) is 0 Å². The second-order valence-corrected chi connectivity index (χ2v) is 7.92. The smallest absolute Gasteiger partial charge is 0.266 e. The highest BCUT2D eigenvalue weighted by Crippen LogP contribution is 2.38. The lowest BCUT2D eigenvalue weighted by molar-refractivity contribution is -0.146. The summed E-state index contributed by atoms with van der Waals surface area (Å²) in [7, 11) is 0. The number of aryl methyl sites for hydroxylation is 2. The van der Waals surface area contributed by atoms with Crippen molar-refractivity contribution in [2.24, 2.45) is 11.3 Å². The number of hydrogen-bond donors (Lipinski definition) is 2. The molecule has 0 saturated carbocycles. The molecule has 2 rings (SSSR count). The first-order valence-corrected chi connectivity index (χ1v) is 9.07. The zero-order valence-corrected chi connectivity index (χ0v) is 15.7. The van der Waals surface area contributed by atoms with Crippen LogP contribution >= 0.6 is 0 Å². The molecular weight excluding hydrogens is 316 g/mol. The molecule has 0 radical (unpaired) electrons. The second kappa shape index (κ2) is 8.00. The molecule has 1 aromatic rings. The van der Waals surface area contributed by atoms with E-state index in [1.165, 1.54) is 11.1 Å². The SMILES string of the molecule is Cc1cccc(CCC2(C)CCN(C(CC(C)C)C(=O)NO)C2=O)c1. The number of amides is 2. The van der Waals surface area contributed by atoms with Gasteiger partial charge in [-0.25, -0.2) is 5.48 Å². The fourth-order valence-electron chi connectivity index (χ4n) is 3.64. The van der Waals surface area contributed by atoms with E-state index in [1.807, 2.05) is 26.8 Å². The molecule has 0 bridgehead atoms. The van der Waals surface area contributed by atoms with Gasteiger partial charge >= 0.3 is 0 Å². The summed E-state index contributed by atoms with van der Waals surface area (Å²) in [5.74, 6) is -0.214. The van der Waals surface area contributed by atoms with Crippen LogP contribution in [0.5, 0.6) is 0 Å². The van der Waals surface area contributed by atoms with Gasteiger partial charge in [0.05, 0.1) is 0 Å². The number of benzene rings is 1. The highest BCUT2D eigenvalue weighted by Gasteiger charge is 2.46. The van der Waals surface area contributed by atoms with Crippen LogP contribution in [0.1, 0.15) is 51.2 Å². The first-order chi connectivity index (χ1) is 11.8. The molecule has 2 unspecified atom stereocenters. The summed E-state index contributed by atoms with van der Waals surface area (Å²) >= 11 is 0. The normalized spacial score (nSPS) is 21.7. The minimum Gasteiger partial charge on any atom is -0.330 e. The third-order valence-corrected chi connectivity index (χ3v) is 5.21. The van der Waals surface area contributed by atoms with Crippen LogP contribution in [0.25, 0.3) is 0 Å². The van der Waals surface area contributed by atoms with Gasteiger partial charge in [0.2, 0.25) is 5.91 Å². The second-order valence-electron chi connectivity index (χ2n) is 7.92. The number of carbonyl (C=O) groups is 2. The van der Waals surface area contributed by atoms with E-state index in [1.54, 1.807) is 10.4 Å². The Labute approximate surface area is 150 Å². The number of hydrogen-bond acceptors (Lipinski definition) is 3. The quantitative estimate of drug-likeness (QED) is 0.589. The van der Waals surface area contributed by atoms with E-state index in [9.17, 15) is 9.59 Å². The number of nitrogens with one attached hydrogen (secondary N) is 1. The van der Waals surface area contributed by atoms with Gasteiger partial charge in [0, 0.05) is 12.0 Å². The Bertz CT molecular complexity index is 629. The number of rotatable bonds is 7. The highest BCUT2D eigenvalue weighted by atomic mass is 16.5. The van der Waals surface area contributed by atoms with Crippen LogP contribution in [0.2, 0.25) is 0 Å². The summed E-state index contributed by atoms with van der Waals surface area (Å²) in [5.41, 5.74) is 3.73. The van der Waals surface area contributed by atoms with Crippen LogP contribution in [0.15, 0.2) is 24.3 Å². The standard InChI is InChI=1S/C20H30N2O3/c1-14(2)12-17(18(23)21-25)22-11-10-20(4,19(22)24)9-8-16-7-5-6-15(3)13-16/h5-7,13-14,17,25H,8-12H2,1-4H3,(H,21,23). The molecule has 1 heterocycles. The van der Waals surface area contributed by atoms with Crippen molar-refractivity contribution in [3.8, 4) is 0 Å². The molecule has 5 heteroatoms. The van der Waals surface area contributed by atoms with E-state index in [0.717, 1.165) is 19.3 Å². The summed E-state index contributed by atoms with van der Waals surface area (Å²) in [6, 6.07) is 7.76. The van der Waals surface area contributed by atoms with E-state index in [0.29, 0.717) is 13.0 Å². The van der Waals surface area contributed by atoms with E-state index in [4.69, 9.17) is 5.21 Å². The van der Waals surface area contributed by atoms with Crippen LogP contribution in [0.4, 0.5) is 0 Å². The summed E-state index contributed by atoms with van der Waals surface area (Å²) in [4.78, 5) is 26.7. The van der Waals surface area contributed by atoms with Gasteiger partial charge < -0.3 is 4.90 Å². The van der Waals surface area contributed by atoms with Gasteiger partial charge in [-0.2, -0.15) is 0 Å². The highest BCUT2D eigenvalue weighted by molar-refractivity contribution is 5.91. The molecule has 2 amide bonds. The van der Waals surface area contributed by atoms with E-state index >= 15 is 0 Å². The van der Waals surface area contributed by atoms with Gasteiger partial charge in [0.25, 0.3) is 5.91 Å². The van der Waals surface area contributed by atoms with Gasteiger partial charge in [-0.1, -0.05) is 50.6 Å². The summed E-state index contributed by atoms with van der Waals surface area (Å²) in [6.45, 7) is 8.64. The monoisotopic (exact) mass is 346 g/mol. The van der Waals surface area contributed by atoms with E-state index in [2.05, 4.69) is 25.1 Å². The predicted octanol–water partition coefficient (Wildman–Crippen LogP) is 3.09. The van der Waals surface area contributed by atoms with Crippen molar-refractivity contribution in [3.63, 3.8) is 0 Å². The Balaban J connectivity index is 2.08. The van der Waals surface area contributed by atoms with Gasteiger partial charge in [0.15, 0.2) is 0 Å². The zero-order chi connectivity index (χ0) is 18.6. The van der Waals surface area contributed by atoms with E-state index < -0.39 is 17.4 Å². The molecule has 5 nitrogen and oxygen atoms in total. The first kappa shape index (κ1) is 19.4.